The number of anilines is 2. The summed E-state index contributed by atoms with van der Waals surface area (Å²) < 4.78 is 27.7. The third kappa shape index (κ3) is 4.24. The fourth-order valence-corrected chi connectivity index (χ4v) is 4.04. The first-order valence-electron chi connectivity index (χ1n) is 8.42. The van der Waals surface area contributed by atoms with Crippen LogP contribution >= 0.6 is 0 Å². The number of benzene rings is 3. The minimum absolute atomic E-state index is 0.293. The number of rotatable bonds is 6. The minimum atomic E-state index is -3.59. The van der Waals surface area contributed by atoms with Crippen LogP contribution in [0.5, 0.6) is 0 Å². The molecule has 0 aromatic heterocycles. The molecule has 26 heavy (non-hydrogen) atoms. The van der Waals surface area contributed by atoms with E-state index in [0.29, 0.717) is 10.6 Å². The van der Waals surface area contributed by atoms with Crippen molar-refractivity contribution in [3.05, 3.63) is 89.5 Å². The first-order valence-corrected chi connectivity index (χ1v) is 9.91. The van der Waals surface area contributed by atoms with Gasteiger partial charge in [-0.05, 0) is 60.9 Å². The van der Waals surface area contributed by atoms with E-state index >= 15 is 0 Å². The zero-order valence-corrected chi connectivity index (χ0v) is 15.7. The molecule has 4 nitrogen and oxygen atoms in total. The number of sulfonamides is 1. The highest BCUT2D eigenvalue weighted by Gasteiger charge is 2.16. The molecule has 2 N–H and O–H groups in total. The molecule has 0 saturated carbocycles. The lowest BCUT2D eigenvalue weighted by atomic mass is 10.1. The standard InChI is InChI=1S/C21H22N2O2S/c1-16-7-3-5-9-18(16)15-22-19-11-13-20(14-12-19)23-26(24,25)21-10-6-4-8-17(21)2/h3-14,22-23H,15H2,1-2H3. The van der Waals surface area contributed by atoms with Gasteiger partial charge < -0.3 is 5.32 Å². The van der Waals surface area contributed by atoms with Gasteiger partial charge in [0.1, 0.15) is 0 Å². The fraction of sp³-hybridized carbons (Fsp3) is 0.143. The van der Waals surface area contributed by atoms with Crippen LogP contribution in [0.2, 0.25) is 0 Å². The molecular formula is C21H22N2O2S. The van der Waals surface area contributed by atoms with Crippen LogP contribution in [-0.2, 0) is 16.6 Å². The highest BCUT2D eigenvalue weighted by atomic mass is 32.2. The van der Waals surface area contributed by atoms with Gasteiger partial charge in [-0.1, -0.05) is 42.5 Å². The molecule has 0 unspecified atom stereocenters. The van der Waals surface area contributed by atoms with Crippen LogP contribution in [0.1, 0.15) is 16.7 Å². The Kier molecular flexibility index (Phi) is 5.28. The normalized spacial score (nSPS) is 11.2. The number of hydrogen-bond donors (Lipinski definition) is 2. The molecule has 0 spiro atoms. The molecule has 0 radical (unpaired) electrons. The van der Waals surface area contributed by atoms with E-state index in [2.05, 4.69) is 29.1 Å². The summed E-state index contributed by atoms with van der Waals surface area (Å²) in [6, 6.07) is 22.4. The summed E-state index contributed by atoms with van der Waals surface area (Å²) in [7, 11) is -3.59. The van der Waals surface area contributed by atoms with E-state index in [9.17, 15) is 8.42 Å². The Morgan fingerprint density at radius 2 is 1.31 bits per heavy atom. The Morgan fingerprint density at radius 1 is 0.731 bits per heavy atom. The summed E-state index contributed by atoms with van der Waals surface area (Å²) in [5, 5.41) is 3.36. The molecule has 0 atom stereocenters. The second-order valence-electron chi connectivity index (χ2n) is 6.23. The highest BCUT2D eigenvalue weighted by Crippen LogP contribution is 2.21. The van der Waals surface area contributed by atoms with Gasteiger partial charge in [0.25, 0.3) is 10.0 Å². The van der Waals surface area contributed by atoms with E-state index in [1.54, 1.807) is 37.3 Å². The molecule has 3 aromatic rings. The van der Waals surface area contributed by atoms with E-state index in [4.69, 9.17) is 0 Å². The Balaban J connectivity index is 1.68. The SMILES string of the molecule is Cc1ccccc1CNc1ccc(NS(=O)(=O)c2ccccc2C)cc1. The van der Waals surface area contributed by atoms with Gasteiger partial charge in [-0.15, -0.1) is 0 Å². The second kappa shape index (κ2) is 7.62. The topological polar surface area (TPSA) is 58.2 Å². The smallest absolute Gasteiger partial charge is 0.262 e. The zero-order valence-electron chi connectivity index (χ0n) is 14.9. The Labute approximate surface area is 155 Å². The van der Waals surface area contributed by atoms with Crippen LogP contribution in [0.15, 0.2) is 77.7 Å². The van der Waals surface area contributed by atoms with Crippen molar-refractivity contribution in [2.75, 3.05) is 10.0 Å². The van der Waals surface area contributed by atoms with Crippen molar-refractivity contribution in [1.82, 2.24) is 0 Å². The summed E-state index contributed by atoms with van der Waals surface area (Å²) in [5.74, 6) is 0. The van der Waals surface area contributed by atoms with Crippen LogP contribution in [0.3, 0.4) is 0 Å². The third-order valence-corrected chi connectivity index (χ3v) is 5.81. The van der Waals surface area contributed by atoms with E-state index in [1.807, 2.05) is 30.3 Å². The summed E-state index contributed by atoms with van der Waals surface area (Å²) >= 11 is 0. The summed E-state index contributed by atoms with van der Waals surface area (Å²) in [5.41, 5.74) is 4.66. The maximum Gasteiger partial charge on any atom is 0.262 e. The second-order valence-corrected chi connectivity index (χ2v) is 7.88. The predicted molar refractivity (Wildman–Crippen MR) is 107 cm³/mol. The fourth-order valence-electron chi connectivity index (χ4n) is 2.73. The van der Waals surface area contributed by atoms with Crippen LogP contribution in [0, 0.1) is 13.8 Å². The van der Waals surface area contributed by atoms with E-state index in [1.165, 1.54) is 11.1 Å². The maximum absolute atomic E-state index is 12.5. The molecule has 0 heterocycles. The molecule has 134 valence electrons. The van der Waals surface area contributed by atoms with Crippen LogP contribution in [0.25, 0.3) is 0 Å². The molecule has 0 aliphatic rings. The Bertz CT molecular complexity index is 997. The summed E-state index contributed by atoms with van der Waals surface area (Å²) in [4.78, 5) is 0.293. The van der Waals surface area contributed by atoms with Gasteiger partial charge in [-0.2, -0.15) is 0 Å². The summed E-state index contributed by atoms with van der Waals surface area (Å²) in [6.07, 6.45) is 0. The Hall–Kier alpha value is -2.79. The van der Waals surface area contributed by atoms with E-state index < -0.39 is 10.0 Å². The lowest BCUT2D eigenvalue weighted by molar-refractivity contribution is 0.600. The van der Waals surface area contributed by atoms with Gasteiger partial charge in [0, 0.05) is 17.9 Å². The lowest BCUT2D eigenvalue weighted by Gasteiger charge is -2.12. The van der Waals surface area contributed by atoms with Crippen LogP contribution in [0.4, 0.5) is 11.4 Å². The maximum atomic E-state index is 12.5. The average Bonchev–Trinajstić information content (AvgIpc) is 2.62. The van der Waals surface area contributed by atoms with Crippen molar-refractivity contribution >= 4 is 21.4 Å². The van der Waals surface area contributed by atoms with Gasteiger partial charge in [0.05, 0.1) is 4.90 Å². The highest BCUT2D eigenvalue weighted by molar-refractivity contribution is 7.92. The molecule has 0 bridgehead atoms. The third-order valence-electron chi connectivity index (χ3n) is 4.26. The first kappa shape index (κ1) is 18.0. The largest absolute Gasteiger partial charge is 0.381 e. The monoisotopic (exact) mass is 366 g/mol. The average molecular weight is 366 g/mol. The zero-order chi connectivity index (χ0) is 18.6. The quantitative estimate of drug-likeness (QED) is 0.664. The molecule has 0 aliphatic heterocycles. The van der Waals surface area contributed by atoms with Crippen LogP contribution < -0.4 is 10.0 Å². The summed E-state index contributed by atoms with van der Waals surface area (Å²) in [6.45, 7) is 4.59. The molecule has 0 aliphatic carbocycles. The van der Waals surface area contributed by atoms with Gasteiger partial charge in [-0.25, -0.2) is 8.42 Å². The molecule has 0 saturated heterocycles. The lowest BCUT2D eigenvalue weighted by Crippen LogP contribution is -2.14. The first-order chi connectivity index (χ1) is 12.5. The molecule has 3 aromatic carbocycles. The Morgan fingerprint density at radius 3 is 1.96 bits per heavy atom. The van der Waals surface area contributed by atoms with Gasteiger partial charge in [0.15, 0.2) is 0 Å². The van der Waals surface area contributed by atoms with Crippen molar-refractivity contribution in [1.29, 1.82) is 0 Å². The van der Waals surface area contributed by atoms with Crippen molar-refractivity contribution in [3.8, 4) is 0 Å². The van der Waals surface area contributed by atoms with Crippen LogP contribution in [-0.4, -0.2) is 8.42 Å². The minimum Gasteiger partial charge on any atom is -0.381 e. The van der Waals surface area contributed by atoms with E-state index in [0.717, 1.165) is 17.8 Å². The van der Waals surface area contributed by atoms with E-state index in [-0.39, 0.29) is 0 Å². The van der Waals surface area contributed by atoms with Crippen molar-refractivity contribution in [3.63, 3.8) is 0 Å². The van der Waals surface area contributed by atoms with Gasteiger partial charge in [0.2, 0.25) is 0 Å². The van der Waals surface area contributed by atoms with Gasteiger partial charge >= 0.3 is 0 Å². The molecular weight excluding hydrogens is 344 g/mol. The molecule has 0 amide bonds. The van der Waals surface area contributed by atoms with Crippen molar-refractivity contribution < 1.29 is 8.42 Å². The van der Waals surface area contributed by atoms with Crippen molar-refractivity contribution in [2.45, 2.75) is 25.3 Å². The molecule has 5 heteroatoms. The number of nitrogens with one attached hydrogen (secondary N) is 2. The molecule has 3 rings (SSSR count). The van der Waals surface area contributed by atoms with Crippen molar-refractivity contribution in [2.24, 2.45) is 0 Å². The molecule has 0 fully saturated rings. The van der Waals surface area contributed by atoms with Gasteiger partial charge in [-0.3, -0.25) is 4.72 Å². The predicted octanol–water partition coefficient (Wildman–Crippen LogP) is 4.72. The number of hydrogen-bond acceptors (Lipinski definition) is 3. The number of aryl methyl sites for hydroxylation is 2.